The number of benzene rings is 2. The van der Waals surface area contributed by atoms with Crippen LogP contribution in [0.1, 0.15) is 23.6 Å². The third-order valence-electron chi connectivity index (χ3n) is 3.07. The van der Waals surface area contributed by atoms with Crippen molar-refractivity contribution in [1.29, 1.82) is 0 Å². The van der Waals surface area contributed by atoms with E-state index in [4.69, 9.17) is 9.47 Å². The van der Waals surface area contributed by atoms with Gasteiger partial charge in [-0.2, -0.15) is 0 Å². The van der Waals surface area contributed by atoms with Crippen LogP contribution in [0.15, 0.2) is 54.6 Å². The van der Waals surface area contributed by atoms with Crippen molar-refractivity contribution in [1.82, 2.24) is 0 Å². The third-order valence-corrected chi connectivity index (χ3v) is 3.07. The summed E-state index contributed by atoms with van der Waals surface area (Å²) >= 11 is 0. The van der Waals surface area contributed by atoms with Crippen LogP contribution >= 0.6 is 0 Å². The Bertz CT molecular complexity index is 642. The molecule has 0 aliphatic rings. The molecule has 2 aromatic carbocycles. The van der Waals surface area contributed by atoms with Crippen LogP contribution in [0.3, 0.4) is 0 Å². The first-order chi connectivity index (χ1) is 10.7. The van der Waals surface area contributed by atoms with Crippen LogP contribution in [0.25, 0.3) is 6.08 Å². The standard InChI is InChI=1S/C19H20O3/c1-3-21-19(20)12-9-16-7-10-18(11-8-16)22-14-17-6-4-5-15(2)13-17/h4-13H,3,14H2,1-2H3. The summed E-state index contributed by atoms with van der Waals surface area (Å²) < 4.78 is 10.6. The summed E-state index contributed by atoms with van der Waals surface area (Å²) in [5, 5.41) is 0. The molecule has 0 N–H and O–H groups in total. The van der Waals surface area contributed by atoms with Crippen LogP contribution in [-0.4, -0.2) is 12.6 Å². The number of rotatable bonds is 6. The number of hydrogen-bond donors (Lipinski definition) is 0. The van der Waals surface area contributed by atoms with E-state index in [0.717, 1.165) is 16.9 Å². The number of ether oxygens (including phenoxy) is 2. The molecule has 0 spiro atoms. The number of aryl methyl sites for hydroxylation is 1. The van der Waals surface area contributed by atoms with E-state index in [1.54, 1.807) is 13.0 Å². The largest absolute Gasteiger partial charge is 0.489 e. The molecule has 0 aliphatic carbocycles. The van der Waals surface area contributed by atoms with Crippen LogP contribution in [-0.2, 0) is 16.1 Å². The second kappa shape index (κ2) is 8.03. The van der Waals surface area contributed by atoms with Gasteiger partial charge in [-0.3, -0.25) is 0 Å². The monoisotopic (exact) mass is 296 g/mol. The molecule has 2 aromatic rings. The van der Waals surface area contributed by atoms with Crippen LogP contribution in [0.4, 0.5) is 0 Å². The number of esters is 1. The van der Waals surface area contributed by atoms with Gasteiger partial charge in [-0.25, -0.2) is 4.79 Å². The summed E-state index contributed by atoms with van der Waals surface area (Å²) in [6.07, 6.45) is 3.15. The predicted molar refractivity (Wildman–Crippen MR) is 87.6 cm³/mol. The number of hydrogen-bond acceptors (Lipinski definition) is 3. The van der Waals surface area contributed by atoms with Gasteiger partial charge in [0.2, 0.25) is 0 Å². The molecule has 0 bridgehead atoms. The molecule has 0 fully saturated rings. The minimum absolute atomic E-state index is 0.331. The Morgan fingerprint density at radius 1 is 1.14 bits per heavy atom. The summed E-state index contributed by atoms with van der Waals surface area (Å²) in [6.45, 7) is 4.77. The first-order valence-corrected chi connectivity index (χ1v) is 7.30. The summed E-state index contributed by atoms with van der Waals surface area (Å²) in [6, 6.07) is 15.8. The Kier molecular flexibility index (Phi) is 5.78. The molecular weight excluding hydrogens is 276 g/mol. The minimum atomic E-state index is -0.331. The fourth-order valence-corrected chi connectivity index (χ4v) is 2.00. The van der Waals surface area contributed by atoms with Crippen LogP contribution in [0.2, 0.25) is 0 Å². The molecule has 0 unspecified atom stereocenters. The number of carbonyl (C=O) groups is 1. The van der Waals surface area contributed by atoms with Crippen molar-refractivity contribution in [2.24, 2.45) is 0 Å². The Labute approximate surface area is 131 Å². The third kappa shape index (κ3) is 5.09. The van der Waals surface area contributed by atoms with Gasteiger partial charge in [-0.15, -0.1) is 0 Å². The Balaban J connectivity index is 1.90. The fourth-order valence-electron chi connectivity index (χ4n) is 2.00. The molecular formula is C19H20O3. The summed E-state index contributed by atoms with van der Waals surface area (Å²) in [5.41, 5.74) is 3.29. The van der Waals surface area contributed by atoms with Crippen molar-refractivity contribution in [3.63, 3.8) is 0 Å². The van der Waals surface area contributed by atoms with Gasteiger partial charge in [-0.05, 0) is 43.2 Å². The van der Waals surface area contributed by atoms with Crippen molar-refractivity contribution in [2.75, 3.05) is 6.61 Å². The normalized spacial score (nSPS) is 10.6. The lowest BCUT2D eigenvalue weighted by atomic mass is 10.1. The van der Waals surface area contributed by atoms with Gasteiger partial charge in [0.25, 0.3) is 0 Å². The van der Waals surface area contributed by atoms with Crippen LogP contribution in [0, 0.1) is 6.92 Å². The van der Waals surface area contributed by atoms with E-state index in [1.165, 1.54) is 11.6 Å². The Morgan fingerprint density at radius 3 is 2.59 bits per heavy atom. The fraction of sp³-hybridized carbons (Fsp3) is 0.211. The van der Waals surface area contributed by atoms with E-state index in [9.17, 15) is 4.79 Å². The summed E-state index contributed by atoms with van der Waals surface area (Å²) in [7, 11) is 0. The highest BCUT2D eigenvalue weighted by Crippen LogP contribution is 2.15. The zero-order valence-corrected chi connectivity index (χ0v) is 12.9. The molecule has 0 aromatic heterocycles. The van der Waals surface area contributed by atoms with E-state index in [1.807, 2.05) is 36.4 Å². The lowest BCUT2D eigenvalue weighted by Gasteiger charge is -2.07. The summed E-state index contributed by atoms with van der Waals surface area (Å²) in [4.78, 5) is 11.2. The first-order valence-electron chi connectivity index (χ1n) is 7.30. The molecule has 2 rings (SSSR count). The SMILES string of the molecule is CCOC(=O)C=Cc1ccc(OCc2cccc(C)c2)cc1. The summed E-state index contributed by atoms with van der Waals surface area (Å²) in [5.74, 6) is 0.470. The highest BCUT2D eigenvalue weighted by Gasteiger charge is 1.98. The average molecular weight is 296 g/mol. The van der Waals surface area contributed by atoms with Gasteiger partial charge in [0.1, 0.15) is 12.4 Å². The number of carbonyl (C=O) groups excluding carboxylic acids is 1. The van der Waals surface area contributed by atoms with Gasteiger partial charge in [-0.1, -0.05) is 42.0 Å². The maximum atomic E-state index is 11.2. The molecule has 3 nitrogen and oxygen atoms in total. The minimum Gasteiger partial charge on any atom is -0.489 e. The van der Waals surface area contributed by atoms with E-state index >= 15 is 0 Å². The van der Waals surface area contributed by atoms with Crippen molar-refractivity contribution >= 4 is 12.0 Å². The second-order valence-electron chi connectivity index (χ2n) is 4.93. The lowest BCUT2D eigenvalue weighted by molar-refractivity contribution is -0.137. The smallest absolute Gasteiger partial charge is 0.330 e. The molecule has 22 heavy (non-hydrogen) atoms. The Hall–Kier alpha value is -2.55. The van der Waals surface area contributed by atoms with E-state index in [2.05, 4.69) is 19.1 Å². The van der Waals surface area contributed by atoms with Gasteiger partial charge >= 0.3 is 5.97 Å². The van der Waals surface area contributed by atoms with E-state index in [0.29, 0.717) is 13.2 Å². The zero-order valence-electron chi connectivity index (χ0n) is 12.9. The highest BCUT2D eigenvalue weighted by atomic mass is 16.5. The zero-order chi connectivity index (χ0) is 15.8. The molecule has 3 heteroatoms. The van der Waals surface area contributed by atoms with Gasteiger partial charge in [0.15, 0.2) is 0 Å². The van der Waals surface area contributed by atoms with Gasteiger partial charge in [0, 0.05) is 6.08 Å². The van der Waals surface area contributed by atoms with Crippen LogP contribution < -0.4 is 4.74 Å². The predicted octanol–water partition coefficient (Wildman–Crippen LogP) is 4.15. The maximum absolute atomic E-state index is 11.2. The molecule has 0 radical (unpaired) electrons. The average Bonchev–Trinajstić information content (AvgIpc) is 2.52. The molecule has 0 saturated carbocycles. The van der Waals surface area contributed by atoms with Crippen molar-refractivity contribution in [3.8, 4) is 5.75 Å². The first kappa shape index (κ1) is 15.8. The Morgan fingerprint density at radius 2 is 1.91 bits per heavy atom. The van der Waals surface area contributed by atoms with Crippen molar-refractivity contribution in [2.45, 2.75) is 20.5 Å². The molecule has 0 amide bonds. The topological polar surface area (TPSA) is 35.5 Å². The highest BCUT2D eigenvalue weighted by molar-refractivity contribution is 5.87. The quantitative estimate of drug-likeness (QED) is 0.593. The van der Waals surface area contributed by atoms with E-state index < -0.39 is 0 Å². The van der Waals surface area contributed by atoms with E-state index in [-0.39, 0.29) is 5.97 Å². The molecule has 0 saturated heterocycles. The van der Waals surface area contributed by atoms with Crippen molar-refractivity contribution < 1.29 is 14.3 Å². The van der Waals surface area contributed by atoms with Crippen molar-refractivity contribution in [3.05, 3.63) is 71.3 Å². The molecule has 0 atom stereocenters. The second-order valence-corrected chi connectivity index (χ2v) is 4.93. The molecule has 114 valence electrons. The van der Waals surface area contributed by atoms with Crippen LogP contribution in [0.5, 0.6) is 5.75 Å². The lowest BCUT2D eigenvalue weighted by Crippen LogP contribution is -1.98. The molecule has 0 heterocycles. The molecule has 0 aliphatic heterocycles. The van der Waals surface area contributed by atoms with Gasteiger partial charge < -0.3 is 9.47 Å². The maximum Gasteiger partial charge on any atom is 0.330 e. The van der Waals surface area contributed by atoms with Gasteiger partial charge in [0.05, 0.1) is 6.61 Å².